The zero-order chi connectivity index (χ0) is 14.4. The van der Waals surface area contributed by atoms with Crippen molar-refractivity contribution in [3.05, 3.63) is 48.0 Å². The molecule has 1 amide bonds. The monoisotopic (exact) mass is 292 g/mol. The van der Waals surface area contributed by atoms with E-state index in [9.17, 15) is 9.18 Å². The summed E-state index contributed by atoms with van der Waals surface area (Å²) < 4.78 is 12.7. The molecule has 0 bridgehead atoms. The highest BCUT2D eigenvalue weighted by atomic mass is 32.2. The zero-order valence-electron chi connectivity index (χ0n) is 10.5. The summed E-state index contributed by atoms with van der Waals surface area (Å²) in [6, 6.07) is 5.97. The van der Waals surface area contributed by atoms with Crippen LogP contribution < -0.4 is 11.1 Å². The minimum absolute atomic E-state index is 0.149. The number of nitrogens with one attached hydrogen (secondary N) is 1. The van der Waals surface area contributed by atoms with E-state index in [1.807, 2.05) is 0 Å². The largest absolute Gasteiger partial charge is 0.381 e. The Morgan fingerprint density at radius 2 is 1.95 bits per heavy atom. The molecule has 2 aromatic rings. The van der Waals surface area contributed by atoms with Gasteiger partial charge in [-0.1, -0.05) is 23.9 Å². The summed E-state index contributed by atoms with van der Waals surface area (Å²) in [6.45, 7) is 0.357. The predicted octanol–water partition coefficient (Wildman–Crippen LogP) is 1.61. The minimum atomic E-state index is -0.297. The summed E-state index contributed by atoms with van der Waals surface area (Å²) in [5, 5.41) is 3.27. The molecular weight excluding hydrogens is 279 g/mol. The van der Waals surface area contributed by atoms with Gasteiger partial charge in [0, 0.05) is 18.9 Å². The topological polar surface area (TPSA) is 80.9 Å². The zero-order valence-corrected chi connectivity index (χ0v) is 11.4. The molecule has 0 atom stereocenters. The van der Waals surface area contributed by atoms with E-state index < -0.39 is 0 Å². The number of aromatic nitrogens is 2. The number of benzene rings is 1. The molecule has 0 radical (unpaired) electrons. The maximum Gasteiger partial charge on any atom is 0.230 e. The second-order valence-electron chi connectivity index (χ2n) is 3.94. The lowest BCUT2D eigenvalue weighted by atomic mass is 10.2. The van der Waals surface area contributed by atoms with Gasteiger partial charge in [-0.3, -0.25) is 4.79 Å². The van der Waals surface area contributed by atoms with E-state index in [4.69, 9.17) is 5.73 Å². The first-order chi connectivity index (χ1) is 9.65. The molecule has 2 rings (SSSR count). The Kier molecular flexibility index (Phi) is 4.89. The Morgan fingerprint density at radius 3 is 2.65 bits per heavy atom. The number of thioether (sulfide) groups is 1. The van der Waals surface area contributed by atoms with Crippen LogP contribution in [0.15, 0.2) is 41.7 Å². The van der Waals surface area contributed by atoms with Gasteiger partial charge in [-0.05, 0) is 17.7 Å². The Hall–Kier alpha value is -2.15. The molecular formula is C13H13FN4OS. The van der Waals surface area contributed by atoms with Crippen LogP contribution in [0.3, 0.4) is 0 Å². The third kappa shape index (κ3) is 4.20. The minimum Gasteiger partial charge on any atom is -0.381 e. The fraction of sp³-hybridized carbons (Fsp3) is 0.154. The lowest BCUT2D eigenvalue weighted by Crippen LogP contribution is -2.24. The van der Waals surface area contributed by atoms with Crippen LogP contribution in [0.1, 0.15) is 5.56 Å². The quantitative estimate of drug-likeness (QED) is 0.818. The highest BCUT2D eigenvalue weighted by Crippen LogP contribution is 2.19. The van der Waals surface area contributed by atoms with Crippen LogP contribution in [0, 0.1) is 5.82 Å². The predicted molar refractivity (Wildman–Crippen MR) is 75.4 cm³/mol. The second-order valence-corrected chi connectivity index (χ2v) is 4.90. The van der Waals surface area contributed by atoms with Gasteiger partial charge >= 0.3 is 0 Å². The van der Waals surface area contributed by atoms with Gasteiger partial charge in [-0.2, -0.15) is 0 Å². The third-order valence-corrected chi connectivity index (χ3v) is 3.43. The highest BCUT2D eigenvalue weighted by Gasteiger charge is 2.06. The van der Waals surface area contributed by atoms with E-state index in [0.717, 1.165) is 5.56 Å². The number of hydrogen-bond acceptors (Lipinski definition) is 5. The fourth-order valence-electron chi connectivity index (χ4n) is 1.44. The lowest BCUT2D eigenvalue weighted by Gasteiger charge is -2.05. The van der Waals surface area contributed by atoms with Crippen LogP contribution in [0.4, 0.5) is 10.2 Å². The second kappa shape index (κ2) is 6.85. The number of carbonyl (C=O) groups is 1. The first-order valence-corrected chi connectivity index (χ1v) is 6.84. The average molecular weight is 292 g/mol. The maximum absolute atomic E-state index is 12.7. The highest BCUT2D eigenvalue weighted by molar-refractivity contribution is 8.00. The molecule has 0 saturated heterocycles. The molecule has 0 aliphatic heterocycles. The van der Waals surface area contributed by atoms with Crippen molar-refractivity contribution in [3.63, 3.8) is 0 Å². The number of carbonyl (C=O) groups excluding carboxylic acids is 1. The van der Waals surface area contributed by atoms with Gasteiger partial charge in [-0.25, -0.2) is 14.4 Å². The van der Waals surface area contributed by atoms with Gasteiger partial charge in [0.15, 0.2) is 5.82 Å². The number of nitrogens with zero attached hydrogens (tertiary/aromatic N) is 2. The average Bonchev–Trinajstić information content (AvgIpc) is 2.46. The van der Waals surface area contributed by atoms with Gasteiger partial charge in [0.25, 0.3) is 0 Å². The maximum atomic E-state index is 12.7. The number of anilines is 1. The number of nitrogens with two attached hydrogens (primary N) is 1. The molecule has 1 aromatic heterocycles. The standard InChI is InChI=1S/C13H13FN4OS/c14-10-3-1-9(2-4-10)7-18-11(19)8-20-13-12(15)16-5-6-17-13/h1-6H,7-8H2,(H2,15,16)(H,18,19). The van der Waals surface area contributed by atoms with Gasteiger partial charge in [-0.15, -0.1) is 0 Å². The molecule has 7 heteroatoms. The van der Waals surface area contributed by atoms with Crippen LogP contribution in [-0.2, 0) is 11.3 Å². The molecule has 104 valence electrons. The SMILES string of the molecule is Nc1nccnc1SCC(=O)NCc1ccc(F)cc1. The summed E-state index contributed by atoms with van der Waals surface area (Å²) in [6.07, 6.45) is 3.02. The number of hydrogen-bond donors (Lipinski definition) is 2. The van der Waals surface area contributed by atoms with E-state index >= 15 is 0 Å². The molecule has 0 aliphatic rings. The van der Waals surface area contributed by atoms with Gasteiger partial charge in [0.05, 0.1) is 5.75 Å². The Morgan fingerprint density at radius 1 is 1.25 bits per heavy atom. The van der Waals surface area contributed by atoms with Crippen molar-refractivity contribution in [2.24, 2.45) is 0 Å². The van der Waals surface area contributed by atoms with Crippen LogP contribution in [0.2, 0.25) is 0 Å². The van der Waals surface area contributed by atoms with Crippen LogP contribution >= 0.6 is 11.8 Å². The molecule has 0 fully saturated rings. The number of halogens is 1. The summed E-state index contributed by atoms with van der Waals surface area (Å²) in [4.78, 5) is 19.6. The van der Waals surface area contributed by atoms with Crippen LogP contribution in [0.25, 0.3) is 0 Å². The van der Waals surface area contributed by atoms with Gasteiger partial charge in [0.2, 0.25) is 5.91 Å². The lowest BCUT2D eigenvalue weighted by molar-refractivity contribution is -0.118. The van der Waals surface area contributed by atoms with E-state index in [0.29, 0.717) is 17.4 Å². The van der Waals surface area contributed by atoms with Crippen molar-refractivity contribution < 1.29 is 9.18 Å². The van der Waals surface area contributed by atoms with Crippen molar-refractivity contribution in [2.75, 3.05) is 11.5 Å². The molecule has 0 saturated carbocycles. The van der Waals surface area contributed by atoms with Crippen molar-refractivity contribution >= 4 is 23.5 Å². The van der Waals surface area contributed by atoms with Crippen molar-refractivity contribution in [1.29, 1.82) is 0 Å². The number of rotatable bonds is 5. The van der Waals surface area contributed by atoms with Crippen molar-refractivity contribution in [3.8, 4) is 0 Å². The Bertz CT molecular complexity index is 591. The van der Waals surface area contributed by atoms with Gasteiger partial charge < -0.3 is 11.1 Å². The van der Waals surface area contributed by atoms with Crippen LogP contribution in [-0.4, -0.2) is 21.6 Å². The Balaban J connectivity index is 1.78. The first kappa shape index (κ1) is 14.3. The fourth-order valence-corrected chi connectivity index (χ4v) is 2.14. The van der Waals surface area contributed by atoms with Crippen molar-refractivity contribution in [2.45, 2.75) is 11.6 Å². The van der Waals surface area contributed by atoms with Crippen molar-refractivity contribution in [1.82, 2.24) is 15.3 Å². The molecule has 1 heterocycles. The molecule has 20 heavy (non-hydrogen) atoms. The van der Waals surface area contributed by atoms with E-state index in [2.05, 4.69) is 15.3 Å². The summed E-state index contributed by atoms with van der Waals surface area (Å²) >= 11 is 1.22. The molecule has 3 N–H and O–H groups in total. The molecule has 0 aliphatic carbocycles. The van der Waals surface area contributed by atoms with E-state index in [1.165, 1.54) is 36.3 Å². The van der Waals surface area contributed by atoms with E-state index in [-0.39, 0.29) is 17.5 Å². The Labute approximate surface area is 119 Å². The summed E-state index contributed by atoms with van der Waals surface area (Å²) in [5.74, 6) is 0.0614. The summed E-state index contributed by atoms with van der Waals surface area (Å²) in [7, 11) is 0. The molecule has 1 aromatic carbocycles. The number of amides is 1. The smallest absolute Gasteiger partial charge is 0.230 e. The first-order valence-electron chi connectivity index (χ1n) is 5.85. The molecule has 0 unspecified atom stereocenters. The number of nitrogen functional groups attached to an aromatic ring is 1. The third-order valence-electron chi connectivity index (χ3n) is 2.43. The van der Waals surface area contributed by atoms with Crippen LogP contribution in [0.5, 0.6) is 0 Å². The van der Waals surface area contributed by atoms with E-state index in [1.54, 1.807) is 12.1 Å². The molecule has 5 nitrogen and oxygen atoms in total. The van der Waals surface area contributed by atoms with Gasteiger partial charge in [0.1, 0.15) is 10.8 Å². The normalized spacial score (nSPS) is 10.2. The summed E-state index contributed by atoms with van der Waals surface area (Å²) in [5.41, 5.74) is 6.46. The molecule has 0 spiro atoms.